The molecule has 0 spiro atoms. The van der Waals surface area contributed by atoms with Gasteiger partial charge in [-0.1, -0.05) is 18.2 Å². The van der Waals surface area contributed by atoms with Crippen LogP contribution in [-0.2, 0) is 15.8 Å². The molecule has 1 aliphatic rings. The molecule has 174 valence electrons. The van der Waals surface area contributed by atoms with Crippen LogP contribution < -0.4 is 9.64 Å². The number of amides is 1. The summed E-state index contributed by atoms with van der Waals surface area (Å²) in [6, 6.07) is 13.3. The van der Waals surface area contributed by atoms with Gasteiger partial charge in [-0.25, -0.2) is 4.39 Å². The van der Waals surface area contributed by atoms with Crippen molar-refractivity contribution in [3.63, 3.8) is 0 Å². The molecule has 0 aromatic heterocycles. The number of rotatable bonds is 5. The predicted octanol–water partition coefficient (Wildman–Crippen LogP) is 5.01. The van der Waals surface area contributed by atoms with E-state index >= 15 is 0 Å². The third-order valence-electron chi connectivity index (χ3n) is 5.63. The van der Waals surface area contributed by atoms with Crippen molar-refractivity contribution in [3.8, 4) is 5.75 Å². The fourth-order valence-electron chi connectivity index (χ4n) is 3.98. The SMILES string of the molecule is COc1ccc(C(=O)C2C(=O)C(=O)N(c3cccc(C(F)(F)F)c3)C2c2ccc(F)cc2)cc1. The number of hydrogen-bond donors (Lipinski definition) is 0. The molecule has 1 fully saturated rings. The summed E-state index contributed by atoms with van der Waals surface area (Å²) in [7, 11) is 1.44. The third kappa shape index (κ3) is 4.16. The zero-order valence-corrected chi connectivity index (χ0v) is 17.7. The molecule has 0 aliphatic carbocycles. The first kappa shape index (κ1) is 23.2. The molecule has 5 nitrogen and oxygen atoms in total. The molecule has 0 N–H and O–H groups in total. The van der Waals surface area contributed by atoms with Gasteiger partial charge < -0.3 is 4.74 Å². The first-order valence-electron chi connectivity index (χ1n) is 10.1. The Morgan fingerprint density at radius 2 is 1.59 bits per heavy atom. The maximum atomic E-state index is 13.6. The summed E-state index contributed by atoms with van der Waals surface area (Å²) in [5.74, 6) is -4.55. The molecule has 1 saturated heterocycles. The van der Waals surface area contributed by atoms with Gasteiger partial charge in [-0.15, -0.1) is 0 Å². The summed E-state index contributed by atoms with van der Waals surface area (Å²) in [4.78, 5) is 40.3. The summed E-state index contributed by atoms with van der Waals surface area (Å²) in [6.45, 7) is 0. The molecule has 4 rings (SSSR count). The van der Waals surface area contributed by atoms with Gasteiger partial charge in [0.05, 0.1) is 18.7 Å². The van der Waals surface area contributed by atoms with Crippen molar-refractivity contribution >= 4 is 23.2 Å². The third-order valence-corrected chi connectivity index (χ3v) is 5.63. The maximum Gasteiger partial charge on any atom is 0.416 e. The van der Waals surface area contributed by atoms with E-state index in [-0.39, 0.29) is 16.8 Å². The molecule has 1 aliphatic heterocycles. The molecule has 0 bridgehead atoms. The van der Waals surface area contributed by atoms with Crippen LogP contribution in [0.1, 0.15) is 27.5 Å². The molecule has 34 heavy (non-hydrogen) atoms. The minimum absolute atomic E-state index is 0.116. The van der Waals surface area contributed by atoms with Crippen molar-refractivity contribution in [2.45, 2.75) is 12.2 Å². The van der Waals surface area contributed by atoms with Crippen LogP contribution in [-0.4, -0.2) is 24.6 Å². The van der Waals surface area contributed by atoms with Gasteiger partial charge in [-0.05, 0) is 60.2 Å². The number of halogens is 4. The van der Waals surface area contributed by atoms with Crippen LogP contribution in [0.15, 0.2) is 72.8 Å². The van der Waals surface area contributed by atoms with Crippen LogP contribution in [0.3, 0.4) is 0 Å². The van der Waals surface area contributed by atoms with Gasteiger partial charge in [0.15, 0.2) is 5.78 Å². The summed E-state index contributed by atoms with van der Waals surface area (Å²) in [5, 5.41) is 0. The lowest BCUT2D eigenvalue weighted by Gasteiger charge is -2.28. The normalized spacial score (nSPS) is 18.3. The molecule has 2 atom stereocenters. The molecular weight excluding hydrogens is 454 g/mol. The van der Waals surface area contributed by atoms with Crippen molar-refractivity contribution in [1.29, 1.82) is 0 Å². The number of hydrogen-bond acceptors (Lipinski definition) is 4. The van der Waals surface area contributed by atoms with Gasteiger partial charge in [0.1, 0.15) is 17.5 Å². The van der Waals surface area contributed by atoms with Crippen LogP contribution in [0.5, 0.6) is 5.75 Å². The molecule has 3 aromatic rings. The fraction of sp³-hybridized carbons (Fsp3) is 0.160. The average molecular weight is 471 g/mol. The first-order valence-corrected chi connectivity index (χ1v) is 10.1. The predicted molar refractivity (Wildman–Crippen MR) is 114 cm³/mol. The van der Waals surface area contributed by atoms with Crippen LogP contribution in [0.4, 0.5) is 23.2 Å². The highest BCUT2D eigenvalue weighted by atomic mass is 19.4. The minimum atomic E-state index is -4.69. The highest BCUT2D eigenvalue weighted by Crippen LogP contribution is 2.42. The molecular formula is C25H17F4NO4. The Kier molecular flexibility index (Phi) is 5.95. The van der Waals surface area contributed by atoms with Gasteiger partial charge >= 0.3 is 6.18 Å². The molecule has 1 amide bonds. The quantitative estimate of drug-likeness (QED) is 0.227. The number of alkyl halides is 3. The number of anilines is 1. The Labute approximate surface area is 191 Å². The van der Waals surface area contributed by atoms with Crippen molar-refractivity contribution in [2.75, 3.05) is 12.0 Å². The van der Waals surface area contributed by atoms with E-state index in [1.165, 1.54) is 49.6 Å². The Hall–Kier alpha value is -4.01. The Balaban J connectivity index is 1.84. The highest BCUT2D eigenvalue weighted by Gasteiger charge is 2.52. The van der Waals surface area contributed by atoms with Crippen LogP contribution in [0.2, 0.25) is 0 Å². The summed E-state index contributed by atoms with van der Waals surface area (Å²) >= 11 is 0. The number of carbonyl (C=O) groups excluding carboxylic acids is 3. The number of nitrogens with zero attached hydrogens (tertiary/aromatic N) is 1. The van der Waals surface area contributed by atoms with Gasteiger partial charge in [-0.3, -0.25) is 19.3 Å². The van der Waals surface area contributed by atoms with Gasteiger partial charge in [-0.2, -0.15) is 13.2 Å². The van der Waals surface area contributed by atoms with E-state index < -0.39 is 47.0 Å². The van der Waals surface area contributed by atoms with E-state index in [4.69, 9.17) is 4.74 Å². The van der Waals surface area contributed by atoms with E-state index in [0.29, 0.717) is 5.75 Å². The van der Waals surface area contributed by atoms with Gasteiger partial charge in [0.25, 0.3) is 5.91 Å². The zero-order chi connectivity index (χ0) is 24.6. The largest absolute Gasteiger partial charge is 0.497 e. The maximum absolute atomic E-state index is 13.6. The van der Waals surface area contributed by atoms with Crippen LogP contribution in [0, 0.1) is 11.7 Å². The number of ketones is 2. The first-order chi connectivity index (χ1) is 16.1. The molecule has 0 radical (unpaired) electrons. The van der Waals surface area contributed by atoms with E-state index in [1.54, 1.807) is 0 Å². The summed E-state index contributed by atoms with van der Waals surface area (Å²) in [6.07, 6.45) is -4.69. The number of Topliss-reactive ketones (excluding diaryl/α,β-unsaturated/α-hetero) is 2. The monoisotopic (exact) mass is 471 g/mol. The van der Waals surface area contributed by atoms with Gasteiger partial charge in [0, 0.05) is 11.3 Å². The Morgan fingerprint density at radius 3 is 2.18 bits per heavy atom. The summed E-state index contributed by atoms with van der Waals surface area (Å²) in [5.41, 5.74) is -0.879. The van der Waals surface area contributed by atoms with Crippen LogP contribution >= 0.6 is 0 Å². The molecule has 2 unspecified atom stereocenters. The van der Waals surface area contributed by atoms with Crippen molar-refractivity contribution in [2.24, 2.45) is 5.92 Å². The smallest absolute Gasteiger partial charge is 0.416 e. The van der Waals surface area contributed by atoms with E-state index in [1.807, 2.05) is 0 Å². The molecule has 1 heterocycles. The van der Waals surface area contributed by atoms with E-state index in [9.17, 15) is 31.9 Å². The topological polar surface area (TPSA) is 63.7 Å². The van der Waals surface area contributed by atoms with E-state index in [2.05, 4.69) is 0 Å². The number of benzene rings is 3. The Morgan fingerprint density at radius 1 is 0.941 bits per heavy atom. The molecule has 0 saturated carbocycles. The lowest BCUT2D eigenvalue weighted by atomic mass is 9.86. The molecule has 3 aromatic carbocycles. The fourth-order valence-corrected chi connectivity index (χ4v) is 3.98. The van der Waals surface area contributed by atoms with Crippen LogP contribution in [0.25, 0.3) is 0 Å². The average Bonchev–Trinajstić information content (AvgIpc) is 3.09. The highest BCUT2D eigenvalue weighted by molar-refractivity contribution is 6.49. The number of methoxy groups -OCH3 is 1. The van der Waals surface area contributed by atoms with Crippen molar-refractivity contribution < 1.29 is 36.7 Å². The Bertz CT molecular complexity index is 1250. The number of ether oxygens (including phenoxy) is 1. The second kappa shape index (κ2) is 8.74. The van der Waals surface area contributed by atoms with Gasteiger partial charge in [0.2, 0.25) is 5.78 Å². The second-order valence-corrected chi connectivity index (χ2v) is 7.65. The standard InChI is InChI=1S/C25H17F4NO4/c1-34-19-11-7-15(8-12-19)22(31)20-21(14-5-9-17(26)10-6-14)30(24(33)23(20)32)18-4-2-3-16(13-18)25(27,28)29/h2-13,20-21H,1H3. The summed E-state index contributed by atoms with van der Waals surface area (Å²) < 4.78 is 58.5. The number of carbonyl (C=O) groups is 3. The minimum Gasteiger partial charge on any atom is -0.497 e. The second-order valence-electron chi connectivity index (χ2n) is 7.65. The zero-order valence-electron chi connectivity index (χ0n) is 17.7. The lowest BCUT2D eigenvalue weighted by Crippen LogP contribution is -2.31. The van der Waals surface area contributed by atoms with Crippen molar-refractivity contribution in [3.05, 3.63) is 95.3 Å². The molecule has 9 heteroatoms. The lowest BCUT2D eigenvalue weighted by molar-refractivity contribution is -0.137. The van der Waals surface area contributed by atoms with E-state index in [0.717, 1.165) is 35.2 Å². The van der Waals surface area contributed by atoms with Crippen molar-refractivity contribution in [1.82, 2.24) is 0 Å².